The monoisotopic (exact) mass is 232 g/mol. The molecule has 0 radical (unpaired) electrons. The van der Waals surface area contributed by atoms with Gasteiger partial charge in [0.15, 0.2) is 0 Å². The molecule has 0 N–H and O–H groups in total. The number of hydrogen-bond acceptors (Lipinski definition) is 2. The molecule has 0 spiro atoms. The summed E-state index contributed by atoms with van der Waals surface area (Å²) in [6.45, 7) is 9.47. The SMILES string of the molecule is C=C=CC=C[N+]1(C)CCCCN(C)N=C1C=C. The molecule has 0 bridgehead atoms. The van der Waals surface area contributed by atoms with Gasteiger partial charge in [0.2, 0.25) is 5.84 Å². The zero-order valence-electron chi connectivity index (χ0n) is 10.9. The normalized spacial score (nSPS) is 25.8. The van der Waals surface area contributed by atoms with Crippen molar-refractivity contribution in [3.63, 3.8) is 0 Å². The van der Waals surface area contributed by atoms with Crippen LogP contribution in [0.1, 0.15) is 12.8 Å². The summed E-state index contributed by atoms with van der Waals surface area (Å²) in [5.74, 6) is 0.973. The second-order valence-corrected chi connectivity index (χ2v) is 4.45. The first kappa shape index (κ1) is 13.5. The first-order valence-electron chi connectivity index (χ1n) is 5.94. The standard InChI is InChI=1S/C14H22N3/c1-5-7-9-12-17(4)13-10-8-11-16(3)15-14(17)6-2/h6-7,9,12H,1-2,8,10-11,13H2,3-4H3/q+1. The Morgan fingerprint density at radius 1 is 1.47 bits per heavy atom. The first-order valence-corrected chi connectivity index (χ1v) is 5.94. The van der Waals surface area contributed by atoms with E-state index < -0.39 is 0 Å². The summed E-state index contributed by atoms with van der Waals surface area (Å²) in [6.07, 6.45) is 10.1. The molecule has 0 saturated carbocycles. The van der Waals surface area contributed by atoms with Crippen LogP contribution in [0.4, 0.5) is 0 Å². The lowest BCUT2D eigenvalue weighted by molar-refractivity contribution is -0.766. The minimum atomic E-state index is 0.673. The van der Waals surface area contributed by atoms with E-state index in [-0.39, 0.29) is 0 Å². The summed E-state index contributed by atoms with van der Waals surface area (Å²) in [7, 11) is 4.15. The fourth-order valence-corrected chi connectivity index (χ4v) is 1.92. The fraction of sp³-hybridized carbons (Fsp3) is 0.429. The van der Waals surface area contributed by atoms with Gasteiger partial charge in [-0.05, 0) is 25.0 Å². The highest BCUT2D eigenvalue weighted by molar-refractivity contribution is 5.86. The zero-order chi connectivity index (χ0) is 12.7. The molecule has 0 fully saturated rings. The maximum absolute atomic E-state index is 4.59. The number of amidine groups is 1. The number of likely N-dealkylation sites (N-methyl/N-ethyl adjacent to an activating group) is 1. The number of rotatable bonds is 3. The Morgan fingerprint density at radius 3 is 2.88 bits per heavy atom. The highest BCUT2D eigenvalue weighted by atomic mass is 15.5. The minimum Gasteiger partial charge on any atom is -0.295 e. The Kier molecular flexibility index (Phi) is 4.95. The summed E-state index contributed by atoms with van der Waals surface area (Å²) in [5, 5.41) is 6.58. The third-order valence-corrected chi connectivity index (χ3v) is 2.96. The Hall–Kier alpha value is -1.57. The van der Waals surface area contributed by atoms with Gasteiger partial charge in [-0.15, -0.1) is 10.8 Å². The average molecular weight is 232 g/mol. The molecule has 1 unspecified atom stereocenters. The number of hydrogen-bond donors (Lipinski definition) is 0. The van der Waals surface area contributed by atoms with Crippen LogP contribution >= 0.6 is 0 Å². The van der Waals surface area contributed by atoms with Crippen LogP contribution in [-0.4, -0.2) is 42.5 Å². The summed E-state index contributed by atoms with van der Waals surface area (Å²) < 4.78 is 0.673. The molecular weight excluding hydrogens is 210 g/mol. The first-order chi connectivity index (χ1) is 8.12. The van der Waals surface area contributed by atoms with Crippen molar-refractivity contribution in [1.82, 2.24) is 5.01 Å². The van der Waals surface area contributed by atoms with Gasteiger partial charge < -0.3 is 0 Å². The van der Waals surface area contributed by atoms with E-state index in [0.29, 0.717) is 4.48 Å². The molecule has 1 atom stereocenters. The topological polar surface area (TPSA) is 15.6 Å². The molecule has 0 amide bonds. The van der Waals surface area contributed by atoms with Crippen molar-refractivity contribution in [1.29, 1.82) is 0 Å². The van der Waals surface area contributed by atoms with Crippen LogP contribution in [-0.2, 0) is 0 Å². The van der Waals surface area contributed by atoms with Crippen LogP contribution < -0.4 is 0 Å². The van der Waals surface area contributed by atoms with E-state index in [1.807, 2.05) is 30.3 Å². The quantitative estimate of drug-likeness (QED) is 0.415. The van der Waals surface area contributed by atoms with Gasteiger partial charge in [-0.3, -0.25) is 5.01 Å². The maximum Gasteiger partial charge on any atom is 0.248 e. The molecule has 1 aliphatic heterocycles. The number of allylic oxidation sites excluding steroid dienone is 2. The number of quaternary nitrogens is 1. The van der Waals surface area contributed by atoms with Gasteiger partial charge in [0.1, 0.15) is 6.20 Å². The van der Waals surface area contributed by atoms with Crippen LogP contribution in [0.15, 0.2) is 48.4 Å². The summed E-state index contributed by atoms with van der Waals surface area (Å²) >= 11 is 0. The summed E-state index contributed by atoms with van der Waals surface area (Å²) in [5.41, 5.74) is 2.75. The van der Waals surface area contributed by atoms with E-state index in [1.165, 1.54) is 12.8 Å². The Morgan fingerprint density at radius 2 is 2.24 bits per heavy atom. The van der Waals surface area contributed by atoms with Gasteiger partial charge in [0.05, 0.1) is 13.6 Å². The van der Waals surface area contributed by atoms with Crippen molar-refractivity contribution in [2.45, 2.75) is 12.8 Å². The zero-order valence-corrected chi connectivity index (χ0v) is 10.9. The molecule has 92 valence electrons. The lowest BCUT2D eigenvalue weighted by atomic mass is 10.2. The van der Waals surface area contributed by atoms with Crippen LogP contribution in [0, 0.1) is 0 Å². The third-order valence-electron chi connectivity index (χ3n) is 2.96. The van der Waals surface area contributed by atoms with Crippen LogP contribution in [0.3, 0.4) is 0 Å². The van der Waals surface area contributed by atoms with Gasteiger partial charge in [0.25, 0.3) is 0 Å². The molecule has 0 saturated heterocycles. The molecule has 0 aromatic heterocycles. The van der Waals surface area contributed by atoms with E-state index in [9.17, 15) is 0 Å². The van der Waals surface area contributed by atoms with Crippen molar-refractivity contribution in [3.05, 3.63) is 43.3 Å². The summed E-state index contributed by atoms with van der Waals surface area (Å²) in [4.78, 5) is 0. The van der Waals surface area contributed by atoms with Gasteiger partial charge in [-0.1, -0.05) is 13.2 Å². The molecule has 1 rings (SSSR count). The smallest absolute Gasteiger partial charge is 0.248 e. The lowest BCUT2D eigenvalue weighted by Gasteiger charge is -2.32. The Labute approximate surface area is 104 Å². The molecule has 3 heteroatoms. The minimum absolute atomic E-state index is 0.673. The van der Waals surface area contributed by atoms with Gasteiger partial charge in [0, 0.05) is 19.7 Å². The third kappa shape index (κ3) is 3.74. The highest BCUT2D eigenvalue weighted by Gasteiger charge is 2.26. The molecule has 17 heavy (non-hydrogen) atoms. The van der Waals surface area contributed by atoms with E-state index in [0.717, 1.165) is 18.9 Å². The molecule has 1 aliphatic rings. The van der Waals surface area contributed by atoms with Crippen molar-refractivity contribution < 1.29 is 4.48 Å². The predicted molar refractivity (Wildman–Crippen MR) is 73.4 cm³/mol. The van der Waals surface area contributed by atoms with Gasteiger partial charge in [-0.25, -0.2) is 4.48 Å². The molecule has 0 aromatic carbocycles. The van der Waals surface area contributed by atoms with Crippen LogP contribution in [0.25, 0.3) is 0 Å². The van der Waals surface area contributed by atoms with E-state index in [1.54, 1.807) is 0 Å². The number of nitrogens with zero attached hydrogens (tertiary/aromatic N) is 3. The molecule has 0 aliphatic carbocycles. The van der Waals surface area contributed by atoms with Gasteiger partial charge >= 0.3 is 0 Å². The Balaban J connectivity index is 3.05. The highest BCUT2D eigenvalue weighted by Crippen LogP contribution is 2.14. The molecular formula is C14H22N3+. The van der Waals surface area contributed by atoms with Crippen molar-refractivity contribution in [3.8, 4) is 0 Å². The lowest BCUT2D eigenvalue weighted by Crippen LogP contribution is -2.46. The van der Waals surface area contributed by atoms with Crippen molar-refractivity contribution >= 4 is 5.84 Å². The van der Waals surface area contributed by atoms with E-state index in [2.05, 4.69) is 37.2 Å². The fourth-order valence-electron chi connectivity index (χ4n) is 1.92. The van der Waals surface area contributed by atoms with Crippen molar-refractivity contribution in [2.75, 3.05) is 27.2 Å². The second-order valence-electron chi connectivity index (χ2n) is 4.45. The van der Waals surface area contributed by atoms with Crippen LogP contribution in [0.5, 0.6) is 0 Å². The van der Waals surface area contributed by atoms with E-state index in [4.69, 9.17) is 0 Å². The molecule has 3 nitrogen and oxygen atoms in total. The van der Waals surface area contributed by atoms with Crippen LogP contribution in [0.2, 0.25) is 0 Å². The molecule has 0 aromatic rings. The average Bonchev–Trinajstić information content (AvgIpc) is 2.30. The van der Waals surface area contributed by atoms with Crippen molar-refractivity contribution in [2.24, 2.45) is 5.10 Å². The predicted octanol–water partition coefficient (Wildman–Crippen LogP) is 2.51. The number of hydrazone groups is 1. The Bertz CT molecular complexity index is 375. The molecule has 1 heterocycles. The largest absolute Gasteiger partial charge is 0.295 e. The van der Waals surface area contributed by atoms with E-state index >= 15 is 0 Å². The maximum atomic E-state index is 4.59. The van der Waals surface area contributed by atoms with Gasteiger partial charge in [-0.2, -0.15) is 0 Å². The second kappa shape index (κ2) is 6.24. The summed E-state index contributed by atoms with van der Waals surface area (Å²) in [6, 6.07) is 0.